The Hall–Kier alpha value is -2.13. The molecular formula is C29H42NO2+. The molecule has 0 aliphatic carbocycles. The van der Waals surface area contributed by atoms with E-state index in [1.165, 1.54) is 73.7 Å². The van der Waals surface area contributed by atoms with Gasteiger partial charge in [-0.2, -0.15) is 0 Å². The van der Waals surface area contributed by atoms with E-state index in [9.17, 15) is 4.79 Å². The molecule has 0 spiro atoms. The van der Waals surface area contributed by atoms with Crippen LogP contribution in [0.5, 0.6) is 0 Å². The lowest BCUT2D eigenvalue weighted by molar-refractivity contribution is -0.956. The van der Waals surface area contributed by atoms with Crippen LogP contribution in [0.15, 0.2) is 0 Å². The van der Waals surface area contributed by atoms with Gasteiger partial charge in [-0.05, 0) is 124 Å². The predicted octanol–water partition coefficient (Wildman–Crippen LogP) is 6.27. The minimum atomic E-state index is -0.198. The number of ether oxygens (including phenoxy) is 1. The van der Waals surface area contributed by atoms with E-state index >= 15 is 0 Å². The fraction of sp³-hybridized carbons (Fsp3) is 0.552. The highest BCUT2D eigenvalue weighted by molar-refractivity contribution is 5.65. The molecule has 0 amide bonds. The Kier molecular flexibility index (Phi) is 6.64. The average molecular weight is 437 g/mol. The van der Waals surface area contributed by atoms with Crippen molar-refractivity contribution in [1.29, 1.82) is 0 Å². The van der Waals surface area contributed by atoms with Gasteiger partial charge in [0.25, 0.3) is 0 Å². The molecule has 0 saturated carbocycles. The first-order chi connectivity index (χ1) is 14.8. The van der Waals surface area contributed by atoms with E-state index in [1.807, 2.05) is 0 Å². The number of nitrogens with zero attached hydrogens (tertiary/aromatic N) is 1. The lowest BCUT2D eigenvalue weighted by atomic mass is 9.77. The summed E-state index contributed by atoms with van der Waals surface area (Å²) in [5.41, 5.74) is 17.2. The van der Waals surface area contributed by atoms with Gasteiger partial charge in [0.15, 0.2) is 0 Å². The van der Waals surface area contributed by atoms with E-state index in [0.717, 1.165) is 23.9 Å². The lowest BCUT2D eigenvalue weighted by Crippen LogP contribution is -2.54. The maximum Gasteiger partial charge on any atom is 0.306 e. The zero-order chi connectivity index (χ0) is 24.1. The van der Waals surface area contributed by atoms with Crippen LogP contribution in [0, 0.1) is 62.3 Å². The number of hydrogen-bond donors (Lipinski definition) is 0. The number of hydrogen-bond acceptors (Lipinski definition) is 2. The van der Waals surface area contributed by atoms with Crippen LogP contribution in [0.25, 0.3) is 0 Å². The number of carbonyl (C=O) groups excluding carboxylic acids is 1. The molecule has 0 bridgehead atoms. The Balaban J connectivity index is 2.26. The SMILES string of the molecule is CC(=O)OC[N+]1(C)CCc2c(C)c(C)c(C)c(C)c2C1Cc1c(C)c(C)c(C)c(C)c1C. The Labute approximate surface area is 195 Å². The van der Waals surface area contributed by atoms with Crippen LogP contribution in [0.2, 0.25) is 0 Å². The molecule has 2 aromatic rings. The monoisotopic (exact) mass is 436 g/mol. The number of benzene rings is 2. The summed E-state index contributed by atoms with van der Waals surface area (Å²) >= 11 is 0. The predicted molar refractivity (Wildman–Crippen MR) is 133 cm³/mol. The van der Waals surface area contributed by atoms with E-state index in [2.05, 4.69) is 69.4 Å². The first-order valence-corrected chi connectivity index (χ1v) is 11.9. The van der Waals surface area contributed by atoms with Gasteiger partial charge in [-0.15, -0.1) is 0 Å². The van der Waals surface area contributed by atoms with E-state index in [0.29, 0.717) is 6.73 Å². The molecule has 1 heterocycles. The highest BCUT2D eigenvalue weighted by Crippen LogP contribution is 2.43. The highest BCUT2D eigenvalue weighted by atomic mass is 16.5. The van der Waals surface area contributed by atoms with Crippen molar-refractivity contribution in [3.63, 3.8) is 0 Å². The fourth-order valence-electron chi connectivity index (χ4n) is 5.82. The minimum absolute atomic E-state index is 0.198. The standard InChI is InChI=1S/C29H42NO2/c1-16-17(2)22(7)27(23(8)18(16)3)14-28-29-24(9)20(5)19(4)21(6)26(29)12-13-30(28,11)15-32-25(10)31/h28H,12-15H2,1-11H3/q+1. The topological polar surface area (TPSA) is 26.3 Å². The zero-order valence-corrected chi connectivity index (χ0v) is 22.2. The molecule has 32 heavy (non-hydrogen) atoms. The molecule has 0 radical (unpaired) electrons. The zero-order valence-electron chi connectivity index (χ0n) is 22.2. The second-order valence-corrected chi connectivity index (χ2v) is 10.4. The molecule has 2 aromatic carbocycles. The molecule has 0 saturated heterocycles. The number of rotatable bonds is 4. The summed E-state index contributed by atoms with van der Waals surface area (Å²) in [6.45, 7) is 23.3. The fourth-order valence-corrected chi connectivity index (χ4v) is 5.82. The van der Waals surface area contributed by atoms with Crippen molar-refractivity contribution in [2.24, 2.45) is 0 Å². The van der Waals surface area contributed by atoms with Crippen LogP contribution >= 0.6 is 0 Å². The first kappa shape index (κ1) is 24.5. The molecule has 1 aliphatic heterocycles. The van der Waals surface area contributed by atoms with Crippen molar-refractivity contribution in [3.05, 3.63) is 66.8 Å². The van der Waals surface area contributed by atoms with Gasteiger partial charge in [-0.25, -0.2) is 0 Å². The maximum absolute atomic E-state index is 11.8. The van der Waals surface area contributed by atoms with Crippen molar-refractivity contribution >= 4 is 5.97 Å². The number of carbonyl (C=O) groups is 1. The van der Waals surface area contributed by atoms with E-state index in [1.54, 1.807) is 0 Å². The van der Waals surface area contributed by atoms with E-state index < -0.39 is 0 Å². The highest BCUT2D eigenvalue weighted by Gasteiger charge is 2.42. The molecule has 2 atom stereocenters. The molecule has 0 N–H and O–H groups in total. The van der Waals surface area contributed by atoms with Crippen LogP contribution in [0.3, 0.4) is 0 Å². The summed E-state index contributed by atoms with van der Waals surface area (Å²) in [7, 11) is 2.28. The summed E-state index contributed by atoms with van der Waals surface area (Å²) in [6, 6.07) is 0.259. The van der Waals surface area contributed by atoms with Crippen LogP contribution in [-0.2, 0) is 22.4 Å². The third-order valence-electron chi connectivity index (χ3n) is 8.94. The van der Waals surface area contributed by atoms with Gasteiger partial charge in [0.2, 0.25) is 6.73 Å². The normalized spacial score (nSPS) is 20.3. The number of fused-ring (bicyclic) bond motifs is 1. The van der Waals surface area contributed by atoms with Gasteiger partial charge >= 0.3 is 5.97 Å². The third kappa shape index (κ3) is 3.90. The molecule has 174 valence electrons. The van der Waals surface area contributed by atoms with Gasteiger partial charge in [-0.1, -0.05) is 0 Å². The molecule has 0 fully saturated rings. The van der Waals surface area contributed by atoms with Crippen molar-refractivity contribution in [3.8, 4) is 0 Å². The lowest BCUT2D eigenvalue weighted by Gasteiger charge is -2.46. The van der Waals surface area contributed by atoms with Crippen molar-refractivity contribution in [2.45, 2.75) is 88.1 Å². The summed E-state index contributed by atoms with van der Waals surface area (Å²) in [4.78, 5) is 11.8. The van der Waals surface area contributed by atoms with Gasteiger partial charge in [-0.3, -0.25) is 9.28 Å². The first-order valence-electron chi connectivity index (χ1n) is 11.9. The smallest absolute Gasteiger partial charge is 0.306 e. The van der Waals surface area contributed by atoms with Gasteiger partial charge in [0.1, 0.15) is 6.04 Å². The molecule has 3 nitrogen and oxygen atoms in total. The average Bonchev–Trinajstić information content (AvgIpc) is 2.75. The molecular weight excluding hydrogens is 394 g/mol. The number of quaternary nitrogens is 1. The summed E-state index contributed by atoms with van der Waals surface area (Å²) in [5.74, 6) is -0.198. The number of esters is 1. The Morgan fingerprint density at radius 2 is 1.25 bits per heavy atom. The summed E-state index contributed by atoms with van der Waals surface area (Å²) < 4.78 is 6.39. The number of likely N-dealkylation sites (N-methyl/N-ethyl adjacent to an activating group) is 1. The van der Waals surface area contributed by atoms with Crippen LogP contribution in [0.4, 0.5) is 0 Å². The van der Waals surface area contributed by atoms with Gasteiger partial charge in [0, 0.05) is 25.3 Å². The van der Waals surface area contributed by atoms with Crippen LogP contribution < -0.4 is 0 Å². The third-order valence-corrected chi connectivity index (χ3v) is 8.94. The van der Waals surface area contributed by atoms with Crippen molar-refractivity contribution < 1.29 is 14.0 Å². The van der Waals surface area contributed by atoms with Gasteiger partial charge < -0.3 is 4.74 Å². The summed E-state index contributed by atoms with van der Waals surface area (Å²) in [6.07, 6.45) is 1.99. The Bertz CT molecular complexity index is 1070. The van der Waals surface area contributed by atoms with E-state index in [4.69, 9.17) is 4.74 Å². The quantitative estimate of drug-likeness (QED) is 0.417. The second kappa shape index (κ2) is 8.67. The van der Waals surface area contributed by atoms with Crippen molar-refractivity contribution in [2.75, 3.05) is 20.3 Å². The van der Waals surface area contributed by atoms with Crippen molar-refractivity contribution in [1.82, 2.24) is 0 Å². The Morgan fingerprint density at radius 1 is 0.781 bits per heavy atom. The van der Waals surface area contributed by atoms with Crippen LogP contribution in [0.1, 0.15) is 79.7 Å². The molecule has 1 aliphatic rings. The molecule has 3 heteroatoms. The largest absolute Gasteiger partial charge is 0.415 e. The minimum Gasteiger partial charge on any atom is -0.415 e. The van der Waals surface area contributed by atoms with Crippen LogP contribution in [-0.4, -0.2) is 30.8 Å². The molecule has 2 unspecified atom stereocenters. The molecule has 0 aromatic heterocycles. The second-order valence-electron chi connectivity index (χ2n) is 10.4. The van der Waals surface area contributed by atoms with Gasteiger partial charge in [0.05, 0.1) is 13.6 Å². The molecule has 3 rings (SSSR count). The summed E-state index contributed by atoms with van der Waals surface area (Å²) in [5, 5.41) is 0. The Morgan fingerprint density at radius 3 is 1.78 bits per heavy atom. The van der Waals surface area contributed by atoms with E-state index in [-0.39, 0.29) is 12.0 Å². The maximum atomic E-state index is 11.8.